The molecule has 1 aliphatic rings. The summed E-state index contributed by atoms with van der Waals surface area (Å²) >= 11 is 0. The van der Waals surface area contributed by atoms with E-state index in [1.165, 1.54) is 11.6 Å². The summed E-state index contributed by atoms with van der Waals surface area (Å²) in [5, 5.41) is 12.7. The summed E-state index contributed by atoms with van der Waals surface area (Å²) in [5.41, 5.74) is 3.62. The van der Waals surface area contributed by atoms with Gasteiger partial charge < -0.3 is 14.0 Å². The van der Waals surface area contributed by atoms with Crippen LogP contribution in [-0.4, -0.2) is 46.4 Å². The van der Waals surface area contributed by atoms with E-state index < -0.39 is 5.91 Å². The van der Waals surface area contributed by atoms with Crippen molar-refractivity contribution < 1.29 is 24.0 Å². The largest absolute Gasteiger partial charge is 0.497 e. The maximum absolute atomic E-state index is 11.0. The van der Waals surface area contributed by atoms with E-state index in [4.69, 9.17) is 19.2 Å². The summed E-state index contributed by atoms with van der Waals surface area (Å²) in [6.07, 6.45) is 4.79. The summed E-state index contributed by atoms with van der Waals surface area (Å²) in [4.78, 5) is 18.0. The molecular weight excluding hydrogens is 436 g/mol. The molecule has 2 heterocycles. The molecule has 2 aromatic carbocycles. The second-order valence-corrected chi connectivity index (χ2v) is 8.11. The van der Waals surface area contributed by atoms with Gasteiger partial charge in [-0.3, -0.25) is 14.9 Å². The van der Waals surface area contributed by atoms with Crippen LogP contribution in [0.2, 0.25) is 0 Å². The number of benzene rings is 2. The fourth-order valence-electron chi connectivity index (χ4n) is 3.86. The fourth-order valence-corrected chi connectivity index (χ4v) is 3.86. The number of likely N-dealkylation sites (tertiary alicyclic amines) is 1. The number of nitrogens with zero attached hydrogens (tertiary/aromatic N) is 3. The molecule has 1 aliphatic heterocycles. The monoisotopic (exact) mass is 464 g/mol. The molecule has 9 nitrogen and oxygen atoms in total. The number of amides is 1. The standard InChI is InChI=1S/C25H28N4O5/c1-32-21-7-4-19(5-8-21)16-29-14-12-20(13-15-29)25-26-24(34-28-25)17-33-22-9-2-18(3-10-22)6-11-23(30)27-31/h2-11,20,31H,12-17H2,1H3,(H,27,30). The van der Waals surface area contributed by atoms with Gasteiger partial charge >= 0.3 is 0 Å². The van der Waals surface area contributed by atoms with Gasteiger partial charge in [0.15, 0.2) is 12.4 Å². The van der Waals surface area contributed by atoms with Crippen molar-refractivity contribution >= 4 is 12.0 Å². The quantitative estimate of drug-likeness (QED) is 0.281. The van der Waals surface area contributed by atoms with Crippen molar-refractivity contribution in [3.8, 4) is 11.5 Å². The first-order valence-corrected chi connectivity index (χ1v) is 11.2. The zero-order valence-electron chi connectivity index (χ0n) is 19.0. The lowest BCUT2D eigenvalue weighted by atomic mass is 9.96. The molecule has 9 heteroatoms. The third-order valence-electron chi connectivity index (χ3n) is 5.78. The Morgan fingerprint density at radius 2 is 1.85 bits per heavy atom. The van der Waals surface area contributed by atoms with Crippen molar-refractivity contribution in [1.29, 1.82) is 0 Å². The minimum atomic E-state index is -0.588. The van der Waals surface area contributed by atoms with Crippen molar-refractivity contribution in [1.82, 2.24) is 20.5 Å². The second-order valence-electron chi connectivity index (χ2n) is 8.11. The van der Waals surface area contributed by atoms with Gasteiger partial charge in [-0.2, -0.15) is 4.98 Å². The Morgan fingerprint density at radius 1 is 1.15 bits per heavy atom. The predicted molar refractivity (Wildman–Crippen MR) is 124 cm³/mol. The van der Waals surface area contributed by atoms with Crippen LogP contribution in [0.25, 0.3) is 6.08 Å². The number of carbonyl (C=O) groups is 1. The third-order valence-corrected chi connectivity index (χ3v) is 5.78. The summed E-state index contributed by atoms with van der Waals surface area (Å²) in [5.74, 6) is 2.40. The molecule has 0 atom stereocenters. The van der Waals surface area contributed by atoms with Crippen molar-refractivity contribution in [3.05, 3.63) is 77.4 Å². The van der Waals surface area contributed by atoms with E-state index >= 15 is 0 Å². The Balaban J connectivity index is 1.23. The number of methoxy groups -OCH3 is 1. The number of hydrogen-bond donors (Lipinski definition) is 2. The van der Waals surface area contributed by atoms with Crippen LogP contribution in [-0.2, 0) is 17.9 Å². The van der Waals surface area contributed by atoms with E-state index in [0.717, 1.165) is 49.6 Å². The van der Waals surface area contributed by atoms with E-state index in [9.17, 15) is 4.79 Å². The van der Waals surface area contributed by atoms with Gasteiger partial charge in [0.25, 0.3) is 11.8 Å². The molecule has 0 radical (unpaired) electrons. The Hall–Kier alpha value is -3.69. The highest BCUT2D eigenvalue weighted by molar-refractivity contribution is 5.90. The molecule has 3 aromatic rings. The van der Waals surface area contributed by atoms with Crippen LogP contribution in [0.1, 0.15) is 41.6 Å². The molecule has 0 aliphatic carbocycles. The SMILES string of the molecule is COc1ccc(CN2CCC(c3noc(COc4ccc(C=CC(=O)NO)cc4)n3)CC2)cc1. The van der Waals surface area contributed by atoms with Crippen LogP contribution in [0, 0.1) is 0 Å². The smallest absolute Gasteiger partial charge is 0.267 e. The molecule has 4 rings (SSSR count). The van der Waals surface area contributed by atoms with Gasteiger partial charge in [0.05, 0.1) is 7.11 Å². The number of carbonyl (C=O) groups excluding carboxylic acids is 1. The third kappa shape index (κ3) is 6.43. The van der Waals surface area contributed by atoms with Crippen molar-refractivity contribution in [2.75, 3.05) is 20.2 Å². The minimum absolute atomic E-state index is 0.186. The molecule has 0 spiro atoms. The first-order chi connectivity index (χ1) is 16.6. The summed E-state index contributed by atoms with van der Waals surface area (Å²) in [7, 11) is 1.68. The zero-order chi connectivity index (χ0) is 23.8. The lowest BCUT2D eigenvalue weighted by Crippen LogP contribution is -2.32. The second kappa shape index (κ2) is 11.4. The highest BCUT2D eigenvalue weighted by Gasteiger charge is 2.24. The highest BCUT2D eigenvalue weighted by atomic mass is 16.5. The summed E-state index contributed by atoms with van der Waals surface area (Å²) in [6.45, 7) is 3.08. The Bertz CT molecular complexity index is 1090. The van der Waals surface area contributed by atoms with Crippen LogP contribution in [0.15, 0.2) is 59.1 Å². The van der Waals surface area contributed by atoms with E-state index in [1.54, 1.807) is 42.9 Å². The number of ether oxygens (including phenoxy) is 2. The van der Waals surface area contributed by atoms with Crippen molar-refractivity contribution in [2.45, 2.75) is 31.9 Å². The zero-order valence-corrected chi connectivity index (χ0v) is 19.0. The van der Waals surface area contributed by atoms with Crippen LogP contribution in [0.4, 0.5) is 0 Å². The summed E-state index contributed by atoms with van der Waals surface area (Å²) in [6, 6.07) is 15.4. The Kier molecular flexibility index (Phi) is 7.90. The molecule has 2 N–H and O–H groups in total. The normalized spacial score (nSPS) is 14.9. The Labute approximate surface area is 197 Å². The van der Waals surface area contributed by atoms with Gasteiger partial charge in [-0.05, 0) is 67.4 Å². The Morgan fingerprint density at radius 3 is 2.53 bits per heavy atom. The molecule has 34 heavy (non-hydrogen) atoms. The number of hydrogen-bond acceptors (Lipinski definition) is 8. The first kappa shape index (κ1) is 23.5. The molecule has 0 unspecified atom stereocenters. The topological polar surface area (TPSA) is 110 Å². The molecule has 0 saturated carbocycles. The number of nitrogens with one attached hydrogen (secondary N) is 1. The lowest BCUT2D eigenvalue weighted by Gasteiger charge is -2.30. The molecule has 178 valence electrons. The summed E-state index contributed by atoms with van der Waals surface area (Å²) < 4.78 is 16.4. The maximum atomic E-state index is 11.0. The number of piperidine rings is 1. The molecule has 1 fully saturated rings. The van der Waals surface area contributed by atoms with E-state index in [2.05, 4.69) is 27.2 Å². The van der Waals surface area contributed by atoms with Gasteiger partial charge in [0.2, 0.25) is 0 Å². The van der Waals surface area contributed by atoms with E-state index in [0.29, 0.717) is 11.6 Å². The van der Waals surface area contributed by atoms with Crippen molar-refractivity contribution in [3.63, 3.8) is 0 Å². The molecular formula is C25H28N4O5. The van der Waals surface area contributed by atoms with Gasteiger partial charge in [-0.25, -0.2) is 5.48 Å². The highest BCUT2D eigenvalue weighted by Crippen LogP contribution is 2.27. The van der Waals surface area contributed by atoms with Crippen LogP contribution < -0.4 is 15.0 Å². The molecule has 1 aromatic heterocycles. The van der Waals surface area contributed by atoms with Gasteiger partial charge in [0.1, 0.15) is 11.5 Å². The number of aromatic nitrogens is 2. The number of rotatable bonds is 9. The van der Waals surface area contributed by atoms with Crippen LogP contribution >= 0.6 is 0 Å². The van der Waals surface area contributed by atoms with Gasteiger partial charge in [0, 0.05) is 18.5 Å². The van der Waals surface area contributed by atoms with Crippen molar-refractivity contribution in [2.24, 2.45) is 0 Å². The predicted octanol–water partition coefficient (Wildman–Crippen LogP) is 3.56. The number of hydroxylamine groups is 1. The average molecular weight is 465 g/mol. The first-order valence-electron chi connectivity index (χ1n) is 11.2. The minimum Gasteiger partial charge on any atom is -0.497 e. The average Bonchev–Trinajstić information content (AvgIpc) is 3.36. The molecule has 1 saturated heterocycles. The van der Waals surface area contributed by atoms with Crippen LogP contribution in [0.5, 0.6) is 11.5 Å². The van der Waals surface area contributed by atoms with E-state index in [-0.39, 0.29) is 12.5 Å². The van der Waals surface area contributed by atoms with Gasteiger partial charge in [-0.15, -0.1) is 0 Å². The maximum Gasteiger partial charge on any atom is 0.267 e. The fraction of sp³-hybridized carbons (Fsp3) is 0.320. The molecule has 1 amide bonds. The van der Waals surface area contributed by atoms with E-state index in [1.807, 2.05) is 12.1 Å². The lowest BCUT2D eigenvalue weighted by molar-refractivity contribution is -0.124. The van der Waals surface area contributed by atoms with Crippen LogP contribution in [0.3, 0.4) is 0 Å². The molecule has 0 bridgehead atoms. The van der Waals surface area contributed by atoms with Gasteiger partial charge in [-0.1, -0.05) is 29.4 Å².